The Hall–Kier alpha value is -4.20. The summed E-state index contributed by atoms with van der Waals surface area (Å²) in [4.78, 5) is 0. The van der Waals surface area contributed by atoms with Crippen molar-refractivity contribution in [1.29, 1.82) is 0 Å². The summed E-state index contributed by atoms with van der Waals surface area (Å²) >= 11 is 40.7. The molecule has 0 atom stereocenters. The molecule has 402 valence electrons. The van der Waals surface area contributed by atoms with Gasteiger partial charge < -0.3 is 0 Å². The molecule has 0 aliphatic carbocycles. The molecule has 0 saturated heterocycles. The predicted octanol–water partition coefficient (Wildman–Crippen LogP) is 22.2. The van der Waals surface area contributed by atoms with E-state index in [-0.39, 0.29) is 28.1 Å². The Morgan fingerprint density at radius 1 is 0.230 bits per heavy atom. The van der Waals surface area contributed by atoms with E-state index >= 15 is 0 Å². The van der Waals surface area contributed by atoms with Crippen molar-refractivity contribution in [2.24, 2.45) is 0 Å². The van der Waals surface area contributed by atoms with Crippen molar-refractivity contribution >= 4 is 81.2 Å². The smallest absolute Gasteiger partial charge is 0.165 e. The zero-order chi connectivity index (χ0) is 57.5. The summed E-state index contributed by atoms with van der Waals surface area (Å²) in [5.74, 6) is -11.1. The van der Waals surface area contributed by atoms with Crippen molar-refractivity contribution in [2.45, 2.75) is 96.9 Å². The van der Waals surface area contributed by atoms with Crippen molar-refractivity contribution < 1.29 is 48.3 Å². The van der Waals surface area contributed by atoms with Crippen molar-refractivity contribution in [3.8, 4) is 0 Å². The highest BCUT2D eigenvalue weighted by atomic mass is 35.5. The average molecular weight is 1180 g/mol. The topological polar surface area (TPSA) is 0 Å². The maximum Gasteiger partial charge on any atom is 0.165 e. The first-order valence-corrected chi connectivity index (χ1v) is 24.3. The lowest BCUT2D eigenvalue weighted by Gasteiger charge is -2.04. The Kier molecular flexibility index (Phi) is 28.0. The van der Waals surface area contributed by atoms with Crippen LogP contribution in [0.15, 0.2) is 60.7 Å². The van der Waals surface area contributed by atoms with Crippen molar-refractivity contribution in [1.82, 2.24) is 0 Å². The summed E-state index contributed by atoms with van der Waals surface area (Å²) < 4.78 is 139. The van der Waals surface area contributed by atoms with Gasteiger partial charge >= 0.3 is 0 Å². The monoisotopic (exact) mass is 1180 g/mol. The second-order valence-corrected chi connectivity index (χ2v) is 19.5. The molecule has 18 heteroatoms. The fourth-order valence-corrected chi connectivity index (χ4v) is 7.21. The molecule has 0 nitrogen and oxygen atoms in total. The summed E-state index contributed by atoms with van der Waals surface area (Å²) in [6.45, 7) is 22.1. The van der Waals surface area contributed by atoms with Crippen LogP contribution in [-0.4, -0.2) is 0 Å². The second-order valence-electron chi connectivity index (χ2n) is 16.7. The minimum atomic E-state index is -1.33. The number of aryl methyl sites for hydroxylation is 8. The predicted molar refractivity (Wildman–Crippen MR) is 286 cm³/mol. The third-order valence-electron chi connectivity index (χ3n) is 10.6. The Bertz CT molecular complexity index is 2710. The van der Waals surface area contributed by atoms with Gasteiger partial charge in [-0.1, -0.05) is 93.3 Å². The highest BCUT2D eigenvalue weighted by Gasteiger charge is 2.20. The average Bonchev–Trinajstić information content (AvgIpc) is 3.34. The van der Waals surface area contributed by atoms with Gasteiger partial charge in [-0.15, -0.1) is 0 Å². The first-order chi connectivity index (χ1) is 34.0. The second kappa shape index (κ2) is 30.5. The molecule has 0 fully saturated rings. The summed E-state index contributed by atoms with van der Waals surface area (Å²) in [6, 6.07) is 16.7. The van der Waals surface area contributed by atoms with E-state index in [0.29, 0.717) is 20.6 Å². The molecular formula is C56H52Cl7F11. The molecule has 74 heavy (non-hydrogen) atoms. The van der Waals surface area contributed by atoms with Crippen LogP contribution < -0.4 is 0 Å². The Labute approximate surface area is 461 Å². The molecule has 0 unspecified atom stereocenters. The highest BCUT2D eigenvalue weighted by molar-refractivity contribution is 6.43. The van der Waals surface area contributed by atoms with E-state index in [2.05, 4.69) is 0 Å². The molecule has 0 aliphatic heterocycles. The minimum absolute atomic E-state index is 0.00870. The lowest BCUT2D eigenvalue weighted by atomic mass is 10.1. The number of rotatable bonds is 0. The van der Waals surface area contributed by atoms with E-state index in [1.54, 1.807) is 13.0 Å². The molecule has 0 N–H and O–H groups in total. The van der Waals surface area contributed by atoms with Crippen molar-refractivity contribution in [3.63, 3.8) is 0 Å². The van der Waals surface area contributed by atoms with Gasteiger partial charge in [0.2, 0.25) is 0 Å². The zero-order valence-electron chi connectivity index (χ0n) is 42.6. The fourth-order valence-electron chi connectivity index (χ4n) is 5.49. The molecule has 0 spiro atoms. The third-order valence-corrected chi connectivity index (χ3v) is 13.7. The maximum atomic E-state index is 12.8. The van der Waals surface area contributed by atoms with Crippen molar-refractivity contribution in [2.75, 3.05) is 0 Å². The molecule has 0 amide bonds. The molecule has 0 radical (unpaired) electrons. The van der Waals surface area contributed by atoms with Gasteiger partial charge in [0.15, 0.2) is 46.5 Å². The van der Waals surface area contributed by atoms with Gasteiger partial charge in [0, 0.05) is 52.9 Å². The molecule has 7 aromatic rings. The zero-order valence-corrected chi connectivity index (χ0v) is 47.9. The molecule has 7 aromatic carbocycles. The molecule has 0 bridgehead atoms. The lowest BCUT2D eigenvalue weighted by molar-refractivity contribution is 0.436. The molecule has 0 aliphatic rings. The minimum Gasteiger partial charge on any atom is -0.207 e. The van der Waals surface area contributed by atoms with Gasteiger partial charge in [0.05, 0.1) is 10.0 Å². The molecule has 0 aromatic heterocycles. The number of halogens is 18. The van der Waals surface area contributed by atoms with Crippen LogP contribution >= 0.6 is 81.2 Å². The van der Waals surface area contributed by atoms with Crippen LogP contribution in [0.2, 0.25) is 35.2 Å². The Morgan fingerprint density at radius 2 is 0.486 bits per heavy atom. The summed E-state index contributed by atoms with van der Waals surface area (Å²) in [5.41, 5.74) is 5.71. The van der Waals surface area contributed by atoms with Crippen LogP contribution in [0.4, 0.5) is 48.3 Å². The Morgan fingerprint density at radius 3 is 0.784 bits per heavy atom. The number of benzene rings is 7. The van der Waals surface area contributed by atoms with Gasteiger partial charge in [-0.2, -0.15) is 0 Å². The first kappa shape index (κ1) is 67.8. The van der Waals surface area contributed by atoms with Gasteiger partial charge in [-0.25, -0.2) is 48.3 Å². The van der Waals surface area contributed by atoms with Crippen LogP contribution in [-0.2, 0) is 0 Å². The van der Waals surface area contributed by atoms with Crippen molar-refractivity contribution in [3.05, 3.63) is 238 Å². The molecule has 0 heterocycles. The fraction of sp³-hybridized carbons (Fsp3) is 0.250. The molecule has 7 rings (SSSR count). The van der Waals surface area contributed by atoms with Crippen LogP contribution in [0.3, 0.4) is 0 Å². The largest absolute Gasteiger partial charge is 0.207 e. The van der Waals surface area contributed by atoms with Crippen LogP contribution in [0.5, 0.6) is 0 Å². The number of hydrogen-bond donors (Lipinski definition) is 0. The lowest BCUT2D eigenvalue weighted by Crippen LogP contribution is -2.02. The van der Waals surface area contributed by atoms with Gasteiger partial charge in [-0.3, -0.25) is 0 Å². The summed E-state index contributed by atoms with van der Waals surface area (Å²) in [6.07, 6.45) is 0. The standard InChI is InChI=1S/3C8H8Cl2.C8H8ClF.C8H6F4.2C8H7F3/c1-5-3-8(10)6(2)4-7(5)9;1-5-3-7(9)6(2)8(10)4-5;1-5-3-4-6(2)8(10)7(5)9;1-5-3-7(9)6(2)8(10)4-5;1-3-5(9)7(11)4(2)8(12)6(3)10;2*1-4-3-6(9)5(2)8(11)7(4)10/h4*3-4H,1-2H3;1-2H3;2*3H,1-2H3. The van der Waals surface area contributed by atoms with Crippen LogP contribution in [0.1, 0.15) is 77.9 Å². The van der Waals surface area contributed by atoms with Gasteiger partial charge in [0.1, 0.15) is 17.5 Å². The normalized spacial score (nSPS) is 10.2. The summed E-state index contributed by atoms with van der Waals surface area (Å²) in [7, 11) is 0. The van der Waals surface area contributed by atoms with Gasteiger partial charge in [0.25, 0.3) is 0 Å². The molecular weight excluding hydrogens is 1130 g/mol. The van der Waals surface area contributed by atoms with Gasteiger partial charge in [-0.05, 0) is 196 Å². The van der Waals surface area contributed by atoms with E-state index in [1.807, 2.05) is 84.9 Å². The quantitative estimate of drug-likeness (QED) is 0.105. The SMILES string of the molecule is Cc1c(F)c(F)c(C)c(F)c1F.Cc1cc(Cl)c(C)c(Cl)c1.Cc1cc(Cl)c(C)cc1Cl.Cc1cc(F)c(C)c(Cl)c1.Cc1cc(F)c(C)c(F)c1F.Cc1cc(F)c(C)c(F)c1F.Cc1ccc(C)c(Cl)c1Cl. The van der Waals surface area contributed by atoms with E-state index in [0.717, 1.165) is 85.0 Å². The third kappa shape index (κ3) is 19.4. The van der Waals surface area contributed by atoms with Crippen LogP contribution in [0.25, 0.3) is 0 Å². The number of hydrogen-bond acceptors (Lipinski definition) is 0. The highest BCUT2D eigenvalue weighted by Crippen LogP contribution is 2.29. The van der Waals surface area contributed by atoms with Crippen LogP contribution in [0, 0.1) is 161 Å². The van der Waals surface area contributed by atoms with E-state index in [4.69, 9.17) is 81.2 Å². The van der Waals surface area contributed by atoms with E-state index in [9.17, 15) is 48.3 Å². The summed E-state index contributed by atoms with van der Waals surface area (Å²) in [5, 5.41) is 4.87. The Balaban J connectivity index is 0.000000432. The van der Waals surface area contributed by atoms with E-state index < -0.39 is 69.3 Å². The maximum absolute atomic E-state index is 12.8. The van der Waals surface area contributed by atoms with E-state index in [1.165, 1.54) is 33.8 Å². The molecule has 0 saturated carbocycles. The first-order valence-electron chi connectivity index (χ1n) is 21.7.